The molecule has 0 N–H and O–H groups in total. The zero-order valence-corrected chi connectivity index (χ0v) is 14.9. The Labute approximate surface area is 151 Å². The number of hydrogen-bond acceptors (Lipinski definition) is 2. The lowest BCUT2D eigenvalue weighted by Gasteiger charge is -2.31. The highest BCUT2D eigenvalue weighted by Crippen LogP contribution is 2.25. The van der Waals surface area contributed by atoms with E-state index in [-0.39, 0.29) is 17.3 Å². The molecule has 0 aliphatic carbocycles. The Hall–Kier alpha value is -2.56. The van der Waals surface area contributed by atoms with E-state index < -0.39 is 17.5 Å². The van der Waals surface area contributed by atoms with Crippen LogP contribution in [-0.4, -0.2) is 29.7 Å². The van der Waals surface area contributed by atoms with Gasteiger partial charge in [-0.15, -0.1) is 0 Å². The number of likely N-dealkylation sites (tertiary alicyclic amines) is 1. The van der Waals surface area contributed by atoms with Crippen molar-refractivity contribution < 1.29 is 18.4 Å². The van der Waals surface area contributed by atoms with Crippen LogP contribution >= 0.6 is 0 Å². The first-order chi connectivity index (χ1) is 12.4. The Balaban J connectivity index is 1.67. The Morgan fingerprint density at radius 1 is 0.962 bits per heavy atom. The first-order valence-electron chi connectivity index (χ1n) is 8.72. The molecule has 136 valence electrons. The highest BCUT2D eigenvalue weighted by Gasteiger charge is 2.29. The molecule has 0 atom stereocenters. The molecular weight excluding hydrogens is 336 g/mol. The number of nitrogens with zero attached hydrogens (tertiary/aromatic N) is 1. The molecule has 3 rings (SSSR count). The minimum absolute atomic E-state index is 0.0996. The zero-order chi connectivity index (χ0) is 18.8. The van der Waals surface area contributed by atoms with Crippen molar-refractivity contribution >= 4 is 11.7 Å². The molecule has 0 bridgehead atoms. The van der Waals surface area contributed by atoms with Crippen LogP contribution in [0.2, 0.25) is 0 Å². The van der Waals surface area contributed by atoms with Crippen LogP contribution in [0.25, 0.3) is 0 Å². The summed E-state index contributed by atoms with van der Waals surface area (Å²) in [5, 5.41) is 0. The minimum Gasteiger partial charge on any atom is -0.339 e. The third-order valence-corrected chi connectivity index (χ3v) is 4.96. The van der Waals surface area contributed by atoms with Gasteiger partial charge in [0.05, 0.1) is 5.56 Å². The van der Waals surface area contributed by atoms with Gasteiger partial charge in [-0.25, -0.2) is 8.78 Å². The maximum absolute atomic E-state index is 13.8. The average molecular weight is 357 g/mol. The summed E-state index contributed by atoms with van der Waals surface area (Å²) in [6.07, 6.45) is 1.08. The fourth-order valence-corrected chi connectivity index (χ4v) is 3.49. The molecule has 0 spiro atoms. The van der Waals surface area contributed by atoms with Gasteiger partial charge in [0.2, 0.25) is 0 Å². The molecule has 26 heavy (non-hydrogen) atoms. The average Bonchev–Trinajstić information content (AvgIpc) is 2.61. The molecule has 3 nitrogen and oxygen atoms in total. The van der Waals surface area contributed by atoms with Crippen molar-refractivity contribution in [1.29, 1.82) is 0 Å². The second-order valence-electron chi connectivity index (χ2n) is 6.87. The monoisotopic (exact) mass is 357 g/mol. The molecular formula is C21H21F2NO2. The maximum Gasteiger partial charge on any atom is 0.256 e. The molecule has 1 fully saturated rings. The smallest absolute Gasteiger partial charge is 0.256 e. The number of carbonyl (C=O) groups excluding carboxylic acids is 2. The highest BCUT2D eigenvalue weighted by molar-refractivity contribution is 5.99. The number of hydrogen-bond donors (Lipinski definition) is 0. The molecule has 1 heterocycles. The van der Waals surface area contributed by atoms with Gasteiger partial charge >= 0.3 is 0 Å². The summed E-state index contributed by atoms with van der Waals surface area (Å²) in [4.78, 5) is 26.7. The Morgan fingerprint density at radius 2 is 1.62 bits per heavy atom. The number of ketones is 1. The van der Waals surface area contributed by atoms with Crippen molar-refractivity contribution in [2.75, 3.05) is 13.1 Å². The van der Waals surface area contributed by atoms with Crippen molar-refractivity contribution in [1.82, 2.24) is 4.90 Å². The van der Waals surface area contributed by atoms with E-state index in [9.17, 15) is 18.4 Å². The fourth-order valence-electron chi connectivity index (χ4n) is 3.49. The molecule has 1 amide bonds. The van der Waals surface area contributed by atoms with Gasteiger partial charge in [0.1, 0.15) is 11.6 Å². The van der Waals surface area contributed by atoms with E-state index in [1.54, 1.807) is 0 Å². The van der Waals surface area contributed by atoms with Crippen LogP contribution in [0.1, 0.15) is 44.7 Å². The predicted octanol–water partition coefficient (Wildman–Crippen LogP) is 4.32. The first-order valence-corrected chi connectivity index (χ1v) is 8.72. The topological polar surface area (TPSA) is 37.4 Å². The van der Waals surface area contributed by atoms with Gasteiger partial charge in [-0.05, 0) is 44.4 Å². The number of Topliss-reactive ketones (excluding diaryl/α,β-unsaturated/α-hetero) is 1. The van der Waals surface area contributed by atoms with Crippen LogP contribution in [0.3, 0.4) is 0 Å². The summed E-state index contributed by atoms with van der Waals surface area (Å²) in [7, 11) is 0. The van der Waals surface area contributed by atoms with Crippen molar-refractivity contribution in [2.45, 2.75) is 26.7 Å². The van der Waals surface area contributed by atoms with Crippen molar-refractivity contribution in [3.05, 3.63) is 70.3 Å². The summed E-state index contributed by atoms with van der Waals surface area (Å²) < 4.78 is 26.8. The van der Waals surface area contributed by atoms with E-state index in [0.717, 1.165) is 22.8 Å². The number of halogens is 2. The Kier molecular flexibility index (Phi) is 5.16. The first kappa shape index (κ1) is 18.2. The van der Waals surface area contributed by atoms with Gasteiger partial charge in [-0.1, -0.05) is 23.8 Å². The van der Waals surface area contributed by atoms with Gasteiger partial charge in [0, 0.05) is 30.6 Å². The zero-order valence-electron chi connectivity index (χ0n) is 14.9. The fraction of sp³-hybridized carbons (Fsp3) is 0.333. The molecule has 1 saturated heterocycles. The van der Waals surface area contributed by atoms with E-state index in [1.807, 2.05) is 32.0 Å². The number of amides is 1. The van der Waals surface area contributed by atoms with Gasteiger partial charge in [0.25, 0.3) is 5.91 Å². The molecule has 1 aliphatic rings. The SMILES string of the molecule is Cc1ccc(C(=O)C2CCN(C(=O)c3ccc(F)cc3F)CC2)c(C)c1. The van der Waals surface area contributed by atoms with E-state index in [1.165, 1.54) is 11.0 Å². The summed E-state index contributed by atoms with van der Waals surface area (Å²) in [6.45, 7) is 4.68. The lowest BCUT2D eigenvalue weighted by atomic mass is 9.87. The van der Waals surface area contributed by atoms with Crippen LogP contribution in [0.4, 0.5) is 8.78 Å². The molecule has 0 radical (unpaired) electrons. The van der Waals surface area contributed by atoms with Gasteiger partial charge < -0.3 is 4.90 Å². The number of rotatable bonds is 3. The van der Waals surface area contributed by atoms with Gasteiger partial charge in [0.15, 0.2) is 5.78 Å². The molecule has 0 saturated carbocycles. The quantitative estimate of drug-likeness (QED) is 0.768. The summed E-state index contributed by atoms with van der Waals surface area (Å²) in [5.41, 5.74) is 2.66. The minimum atomic E-state index is -0.858. The number of aryl methyl sites for hydroxylation is 2. The number of benzene rings is 2. The van der Waals surface area contributed by atoms with Crippen molar-refractivity contribution in [3.63, 3.8) is 0 Å². The number of carbonyl (C=O) groups is 2. The Bertz CT molecular complexity index is 784. The molecule has 0 unspecified atom stereocenters. The lowest BCUT2D eigenvalue weighted by Crippen LogP contribution is -2.40. The van der Waals surface area contributed by atoms with Crippen LogP contribution in [-0.2, 0) is 0 Å². The second kappa shape index (κ2) is 7.36. The molecule has 5 heteroatoms. The molecule has 1 aliphatic heterocycles. The van der Waals surface area contributed by atoms with E-state index >= 15 is 0 Å². The van der Waals surface area contributed by atoms with Crippen molar-refractivity contribution in [2.24, 2.45) is 5.92 Å². The Morgan fingerprint density at radius 3 is 2.23 bits per heavy atom. The standard InChI is InChI=1S/C21H21F2NO2/c1-13-3-5-17(14(2)11-13)20(25)15-7-9-24(10-8-15)21(26)18-6-4-16(22)12-19(18)23/h3-6,11-12,15H,7-10H2,1-2H3. The summed E-state index contributed by atoms with van der Waals surface area (Å²) in [6, 6.07) is 8.73. The normalized spacial score (nSPS) is 15.2. The third-order valence-electron chi connectivity index (χ3n) is 4.96. The number of piperidine rings is 1. The van der Waals surface area contributed by atoms with Crippen LogP contribution in [0.15, 0.2) is 36.4 Å². The van der Waals surface area contributed by atoms with E-state index in [2.05, 4.69) is 0 Å². The largest absolute Gasteiger partial charge is 0.339 e. The van der Waals surface area contributed by atoms with E-state index in [4.69, 9.17) is 0 Å². The molecule has 2 aromatic rings. The summed E-state index contributed by atoms with van der Waals surface area (Å²) >= 11 is 0. The summed E-state index contributed by atoms with van der Waals surface area (Å²) in [5.74, 6) is -2.07. The second-order valence-corrected chi connectivity index (χ2v) is 6.87. The molecule has 2 aromatic carbocycles. The predicted molar refractivity (Wildman–Crippen MR) is 95.2 cm³/mol. The third kappa shape index (κ3) is 3.66. The van der Waals surface area contributed by atoms with Crippen LogP contribution in [0, 0.1) is 31.4 Å². The maximum atomic E-state index is 13.8. The lowest BCUT2D eigenvalue weighted by molar-refractivity contribution is 0.0646. The van der Waals surface area contributed by atoms with Crippen molar-refractivity contribution in [3.8, 4) is 0 Å². The molecule has 0 aromatic heterocycles. The highest BCUT2D eigenvalue weighted by atomic mass is 19.1. The van der Waals surface area contributed by atoms with Crippen LogP contribution in [0.5, 0.6) is 0 Å². The van der Waals surface area contributed by atoms with Crippen LogP contribution < -0.4 is 0 Å². The van der Waals surface area contributed by atoms with Gasteiger partial charge in [-0.2, -0.15) is 0 Å². The van der Waals surface area contributed by atoms with E-state index in [0.29, 0.717) is 32.0 Å². The van der Waals surface area contributed by atoms with Gasteiger partial charge in [-0.3, -0.25) is 9.59 Å².